The Kier molecular flexibility index (Phi) is 4.99. The van der Waals surface area contributed by atoms with Gasteiger partial charge >= 0.3 is 6.03 Å². The predicted molar refractivity (Wildman–Crippen MR) is 74.6 cm³/mol. The molecule has 0 spiro atoms. The van der Waals surface area contributed by atoms with Crippen LogP contribution < -0.4 is 10.6 Å². The zero-order valence-electron chi connectivity index (χ0n) is 11.3. The number of aryl methyl sites for hydroxylation is 2. The highest BCUT2D eigenvalue weighted by molar-refractivity contribution is 7.99. The van der Waals surface area contributed by atoms with E-state index in [0.717, 1.165) is 17.3 Å². The number of thioether (sulfide) groups is 1. The molecular weight excluding hydrogens is 280 g/mol. The molecule has 108 valence electrons. The Morgan fingerprint density at radius 3 is 3.05 bits per heavy atom. The van der Waals surface area contributed by atoms with Gasteiger partial charge in [-0.05, 0) is 13.3 Å². The molecule has 0 unspecified atom stereocenters. The molecule has 2 aromatic rings. The summed E-state index contributed by atoms with van der Waals surface area (Å²) in [5.41, 5.74) is 0. The van der Waals surface area contributed by atoms with Gasteiger partial charge in [-0.1, -0.05) is 16.9 Å². The van der Waals surface area contributed by atoms with Gasteiger partial charge in [-0.25, -0.2) is 4.79 Å². The Labute approximate surface area is 120 Å². The second-order valence-electron chi connectivity index (χ2n) is 4.13. The Bertz CT molecular complexity index is 567. The van der Waals surface area contributed by atoms with E-state index in [2.05, 4.69) is 26.0 Å². The van der Waals surface area contributed by atoms with Crippen LogP contribution in [0.1, 0.15) is 12.2 Å². The molecule has 0 atom stereocenters. The number of carbonyl (C=O) groups is 1. The van der Waals surface area contributed by atoms with Crippen LogP contribution in [0.15, 0.2) is 22.1 Å². The van der Waals surface area contributed by atoms with E-state index in [0.29, 0.717) is 18.1 Å². The fourth-order valence-electron chi connectivity index (χ4n) is 1.43. The third-order valence-electron chi connectivity index (χ3n) is 2.38. The van der Waals surface area contributed by atoms with Crippen molar-refractivity contribution in [3.63, 3.8) is 0 Å². The monoisotopic (exact) mass is 296 g/mol. The number of aromatic nitrogens is 4. The maximum Gasteiger partial charge on any atom is 0.320 e. The van der Waals surface area contributed by atoms with Gasteiger partial charge in [-0.2, -0.15) is 0 Å². The van der Waals surface area contributed by atoms with Crippen LogP contribution in [0.4, 0.5) is 10.6 Å². The zero-order chi connectivity index (χ0) is 14.4. The van der Waals surface area contributed by atoms with Crippen molar-refractivity contribution in [2.75, 3.05) is 17.6 Å². The Balaban J connectivity index is 1.59. The van der Waals surface area contributed by atoms with Gasteiger partial charge in [0.1, 0.15) is 12.1 Å². The lowest BCUT2D eigenvalue weighted by molar-refractivity contribution is 0.252. The zero-order valence-corrected chi connectivity index (χ0v) is 12.1. The van der Waals surface area contributed by atoms with Gasteiger partial charge in [0.25, 0.3) is 0 Å². The van der Waals surface area contributed by atoms with E-state index in [1.165, 1.54) is 0 Å². The first-order valence-electron chi connectivity index (χ1n) is 6.10. The third kappa shape index (κ3) is 4.26. The highest BCUT2D eigenvalue weighted by Gasteiger charge is 2.05. The number of rotatable bonds is 6. The molecule has 2 amide bonds. The number of nitrogens with one attached hydrogen (secondary N) is 2. The molecule has 0 aromatic carbocycles. The summed E-state index contributed by atoms with van der Waals surface area (Å²) >= 11 is 1.60. The van der Waals surface area contributed by atoms with Crippen LogP contribution in [0.3, 0.4) is 0 Å². The van der Waals surface area contributed by atoms with Crippen molar-refractivity contribution in [1.29, 1.82) is 0 Å². The maximum absolute atomic E-state index is 11.5. The fraction of sp³-hybridized carbons (Fsp3) is 0.455. The molecule has 8 nitrogen and oxygen atoms in total. The highest BCUT2D eigenvalue weighted by atomic mass is 32.2. The first kappa shape index (κ1) is 14.4. The summed E-state index contributed by atoms with van der Waals surface area (Å²) in [6, 6.07) is 1.37. The third-order valence-corrected chi connectivity index (χ3v) is 3.50. The first-order valence-corrected chi connectivity index (χ1v) is 7.08. The molecule has 0 aliphatic rings. The molecule has 0 saturated carbocycles. The van der Waals surface area contributed by atoms with Crippen molar-refractivity contribution < 1.29 is 9.32 Å². The molecule has 0 fully saturated rings. The van der Waals surface area contributed by atoms with Crippen LogP contribution in [0, 0.1) is 6.92 Å². The van der Waals surface area contributed by atoms with Crippen LogP contribution in [0.2, 0.25) is 0 Å². The van der Waals surface area contributed by atoms with Crippen molar-refractivity contribution in [3.8, 4) is 0 Å². The minimum Gasteiger partial charge on any atom is -0.360 e. The van der Waals surface area contributed by atoms with Gasteiger partial charge in [0, 0.05) is 25.4 Å². The number of hydrogen-bond acceptors (Lipinski definition) is 6. The average Bonchev–Trinajstić information content (AvgIpc) is 2.98. The van der Waals surface area contributed by atoms with Crippen molar-refractivity contribution in [3.05, 3.63) is 18.2 Å². The molecule has 0 aliphatic carbocycles. The smallest absolute Gasteiger partial charge is 0.320 e. The van der Waals surface area contributed by atoms with E-state index >= 15 is 0 Å². The van der Waals surface area contributed by atoms with Crippen LogP contribution in [0.5, 0.6) is 0 Å². The van der Waals surface area contributed by atoms with Gasteiger partial charge in [0.2, 0.25) is 0 Å². The van der Waals surface area contributed by atoms with Gasteiger partial charge < -0.3 is 14.4 Å². The summed E-state index contributed by atoms with van der Waals surface area (Å²) in [4.78, 5) is 11.5. The van der Waals surface area contributed by atoms with E-state index in [1.807, 2.05) is 11.6 Å². The largest absolute Gasteiger partial charge is 0.360 e. The number of amides is 2. The van der Waals surface area contributed by atoms with E-state index in [9.17, 15) is 4.79 Å². The molecule has 9 heteroatoms. The Morgan fingerprint density at radius 1 is 1.55 bits per heavy atom. The maximum atomic E-state index is 11.5. The molecule has 0 saturated heterocycles. The number of carbonyl (C=O) groups excluding carboxylic acids is 1. The normalized spacial score (nSPS) is 10.5. The average molecular weight is 296 g/mol. The van der Waals surface area contributed by atoms with E-state index in [4.69, 9.17) is 4.52 Å². The molecule has 2 rings (SSSR count). The summed E-state index contributed by atoms with van der Waals surface area (Å²) in [5, 5.41) is 17.6. The van der Waals surface area contributed by atoms with Crippen LogP contribution in [0.25, 0.3) is 0 Å². The Hall–Kier alpha value is -2.03. The molecule has 0 radical (unpaired) electrons. The molecule has 20 heavy (non-hydrogen) atoms. The van der Waals surface area contributed by atoms with Gasteiger partial charge in [0.05, 0.1) is 0 Å². The van der Waals surface area contributed by atoms with Gasteiger partial charge in [-0.3, -0.25) is 5.32 Å². The first-order chi connectivity index (χ1) is 9.65. The van der Waals surface area contributed by atoms with Crippen LogP contribution in [-0.4, -0.2) is 38.2 Å². The molecule has 2 aromatic heterocycles. The standard InChI is InChI=1S/C11H16N6O2S/c1-8-6-9(16-19-8)14-10(18)12-4-3-5-20-11-15-13-7-17(11)2/h6-7H,3-5H2,1-2H3,(H2,12,14,16,18). The topological polar surface area (TPSA) is 97.9 Å². The van der Waals surface area contributed by atoms with Crippen molar-refractivity contribution in [2.24, 2.45) is 7.05 Å². The van der Waals surface area contributed by atoms with E-state index in [-0.39, 0.29) is 6.03 Å². The lowest BCUT2D eigenvalue weighted by Gasteiger charge is -2.04. The summed E-state index contributed by atoms with van der Waals surface area (Å²) in [7, 11) is 1.90. The minimum atomic E-state index is -0.290. The lowest BCUT2D eigenvalue weighted by atomic mass is 10.5. The van der Waals surface area contributed by atoms with Crippen molar-refractivity contribution >= 4 is 23.6 Å². The van der Waals surface area contributed by atoms with Crippen molar-refractivity contribution in [1.82, 2.24) is 25.2 Å². The minimum absolute atomic E-state index is 0.290. The second kappa shape index (κ2) is 6.94. The van der Waals surface area contributed by atoms with Crippen LogP contribution >= 0.6 is 11.8 Å². The van der Waals surface area contributed by atoms with Gasteiger partial charge in [0.15, 0.2) is 11.0 Å². The van der Waals surface area contributed by atoms with Gasteiger partial charge in [-0.15, -0.1) is 10.2 Å². The molecule has 2 N–H and O–H groups in total. The second-order valence-corrected chi connectivity index (χ2v) is 5.19. The van der Waals surface area contributed by atoms with Crippen molar-refractivity contribution in [2.45, 2.75) is 18.5 Å². The van der Waals surface area contributed by atoms with E-state index in [1.54, 1.807) is 31.1 Å². The number of anilines is 1. The summed E-state index contributed by atoms with van der Waals surface area (Å²) in [6.45, 7) is 2.34. The molecule has 0 aliphatic heterocycles. The highest BCUT2D eigenvalue weighted by Crippen LogP contribution is 2.13. The molecule has 2 heterocycles. The SMILES string of the molecule is Cc1cc(NC(=O)NCCCSc2nncn2C)no1. The Morgan fingerprint density at radius 2 is 2.40 bits per heavy atom. The fourth-order valence-corrected chi connectivity index (χ4v) is 2.25. The lowest BCUT2D eigenvalue weighted by Crippen LogP contribution is -2.29. The molecule has 0 bridgehead atoms. The molecular formula is C11H16N6O2S. The quantitative estimate of drug-likeness (QED) is 0.618. The number of hydrogen-bond donors (Lipinski definition) is 2. The summed E-state index contributed by atoms with van der Waals surface area (Å²) < 4.78 is 6.71. The van der Waals surface area contributed by atoms with E-state index < -0.39 is 0 Å². The summed E-state index contributed by atoms with van der Waals surface area (Å²) in [6.07, 6.45) is 2.50. The number of nitrogens with zero attached hydrogens (tertiary/aromatic N) is 4. The predicted octanol–water partition coefficient (Wildman–Crippen LogP) is 1.42. The number of urea groups is 1. The summed E-state index contributed by atoms with van der Waals surface area (Å²) in [5.74, 6) is 1.92. The van der Waals surface area contributed by atoms with Crippen LogP contribution in [-0.2, 0) is 7.05 Å².